The van der Waals surface area contributed by atoms with Crippen molar-refractivity contribution in [3.05, 3.63) is 11.6 Å². The first-order chi connectivity index (χ1) is 12.8. The molecular formula is C19H30N4O2S. The van der Waals surface area contributed by atoms with Gasteiger partial charge in [0, 0.05) is 49.8 Å². The summed E-state index contributed by atoms with van der Waals surface area (Å²) in [6, 6.07) is 1.19. The summed E-state index contributed by atoms with van der Waals surface area (Å²) in [4.78, 5) is 21.3. The van der Waals surface area contributed by atoms with Crippen LogP contribution in [0, 0.1) is 0 Å². The lowest BCUT2D eigenvalue weighted by Gasteiger charge is -2.41. The predicted octanol–water partition coefficient (Wildman–Crippen LogP) is 3.10. The number of hydrogen-bond acceptors (Lipinski definition) is 5. The van der Waals surface area contributed by atoms with Crippen LogP contribution in [-0.2, 0) is 0 Å². The Bertz CT molecular complexity index is 560. The monoisotopic (exact) mass is 378 g/mol. The van der Waals surface area contributed by atoms with Gasteiger partial charge in [-0.25, -0.2) is 9.78 Å². The second-order valence-corrected chi connectivity index (χ2v) is 8.66. The van der Waals surface area contributed by atoms with Crippen molar-refractivity contribution in [3.8, 4) is 5.19 Å². The number of piperidine rings is 2. The summed E-state index contributed by atoms with van der Waals surface area (Å²) in [6.45, 7) is 3.96. The Labute approximate surface area is 159 Å². The molecule has 0 aromatic carbocycles. The lowest BCUT2D eigenvalue weighted by molar-refractivity contribution is 0.0533. The van der Waals surface area contributed by atoms with Crippen LogP contribution in [0.3, 0.4) is 0 Å². The summed E-state index contributed by atoms with van der Waals surface area (Å²) in [5.74, 6) is 0. The van der Waals surface area contributed by atoms with Crippen molar-refractivity contribution in [3.63, 3.8) is 0 Å². The average Bonchev–Trinajstić information content (AvgIpc) is 3.37. The molecule has 0 spiro atoms. The summed E-state index contributed by atoms with van der Waals surface area (Å²) in [5, 5.41) is 5.98. The van der Waals surface area contributed by atoms with Gasteiger partial charge in [-0.3, -0.25) is 4.90 Å². The third-order valence-corrected chi connectivity index (χ3v) is 6.77. The van der Waals surface area contributed by atoms with E-state index in [0.717, 1.165) is 69.9 Å². The van der Waals surface area contributed by atoms with E-state index in [4.69, 9.17) is 4.74 Å². The number of carbonyl (C=O) groups excluding carboxylic acids is 1. The highest BCUT2D eigenvalue weighted by atomic mass is 32.1. The predicted molar refractivity (Wildman–Crippen MR) is 103 cm³/mol. The van der Waals surface area contributed by atoms with E-state index in [2.05, 4.69) is 15.2 Å². The van der Waals surface area contributed by atoms with Gasteiger partial charge in [0.15, 0.2) is 0 Å². The van der Waals surface area contributed by atoms with Crippen LogP contribution in [-0.4, -0.2) is 65.2 Å². The number of nitrogens with zero attached hydrogens (tertiary/aromatic N) is 3. The van der Waals surface area contributed by atoms with Gasteiger partial charge in [0.25, 0.3) is 5.19 Å². The Kier molecular flexibility index (Phi) is 5.94. The van der Waals surface area contributed by atoms with Crippen LogP contribution >= 0.6 is 11.3 Å². The zero-order valence-electron chi connectivity index (χ0n) is 15.4. The van der Waals surface area contributed by atoms with Crippen LogP contribution in [0.1, 0.15) is 51.4 Å². The van der Waals surface area contributed by atoms with Crippen molar-refractivity contribution < 1.29 is 9.53 Å². The molecule has 1 saturated carbocycles. The Balaban J connectivity index is 1.17. The molecule has 2 aliphatic heterocycles. The van der Waals surface area contributed by atoms with E-state index in [0.29, 0.717) is 18.2 Å². The molecule has 26 heavy (non-hydrogen) atoms. The Morgan fingerprint density at radius 1 is 1.08 bits per heavy atom. The van der Waals surface area contributed by atoms with Crippen molar-refractivity contribution >= 4 is 17.4 Å². The van der Waals surface area contributed by atoms with E-state index >= 15 is 0 Å². The standard InChI is InChI=1S/C19H30N4O2S/c24-18(21-15-3-1-2-4-15)23-10-5-16(6-11-23)22-12-7-17(8-13-22)25-19-20-9-14-26-19/h9,14-17H,1-8,10-13H2,(H,21,24). The average molecular weight is 379 g/mol. The second-order valence-electron chi connectivity index (χ2n) is 7.80. The molecule has 1 aliphatic carbocycles. The van der Waals surface area contributed by atoms with Crippen molar-refractivity contribution in [1.29, 1.82) is 0 Å². The Morgan fingerprint density at radius 3 is 2.46 bits per heavy atom. The number of ether oxygens (including phenoxy) is 1. The summed E-state index contributed by atoms with van der Waals surface area (Å²) < 4.78 is 5.96. The Hall–Kier alpha value is -1.34. The van der Waals surface area contributed by atoms with E-state index in [1.54, 1.807) is 17.5 Å². The number of thiazole rings is 1. The number of aromatic nitrogens is 1. The fourth-order valence-corrected chi connectivity index (χ4v) is 5.09. The molecule has 1 aromatic rings. The molecule has 1 aromatic heterocycles. The molecule has 0 unspecified atom stereocenters. The fourth-order valence-electron chi connectivity index (χ4n) is 4.54. The third kappa shape index (κ3) is 4.49. The number of amides is 2. The van der Waals surface area contributed by atoms with Gasteiger partial charge >= 0.3 is 6.03 Å². The molecule has 6 nitrogen and oxygen atoms in total. The minimum absolute atomic E-state index is 0.158. The SMILES string of the molecule is O=C(NC1CCCC1)N1CCC(N2CCC(Oc3nccs3)CC2)CC1. The topological polar surface area (TPSA) is 57.7 Å². The molecule has 0 radical (unpaired) electrons. The van der Waals surface area contributed by atoms with E-state index in [-0.39, 0.29) is 6.03 Å². The number of likely N-dealkylation sites (tertiary alicyclic amines) is 2. The molecule has 144 valence electrons. The molecule has 3 fully saturated rings. The molecule has 2 saturated heterocycles. The highest BCUT2D eigenvalue weighted by Gasteiger charge is 2.31. The highest BCUT2D eigenvalue weighted by Crippen LogP contribution is 2.25. The maximum Gasteiger partial charge on any atom is 0.317 e. The van der Waals surface area contributed by atoms with Crippen molar-refractivity contribution in [2.45, 2.75) is 69.6 Å². The van der Waals surface area contributed by atoms with E-state index in [1.807, 2.05) is 10.3 Å². The Morgan fingerprint density at radius 2 is 1.81 bits per heavy atom. The molecule has 0 atom stereocenters. The summed E-state index contributed by atoms with van der Waals surface area (Å²) in [6.07, 6.45) is 11.3. The van der Waals surface area contributed by atoms with Gasteiger partial charge in [0.2, 0.25) is 0 Å². The van der Waals surface area contributed by atoms with E-state index in [1.165, 1.54) is 12.8 Å². The third-order valence-electron chi connectivity index (χ3n) is 6.10. The van der Waals surface area contributed by atoms with Gasteiger partial charge in [-0.05, 0) is 38.5 Å². The van der Waals surface area contributed by atoms with Gasteiger partial charge in [0.1, 0.15) is 6.10 Å². The smallest absolute Gasteiger partial charge is 0.317 e. The van der Waals surface area contributed by atoms with Gasteiger partial charge in [-0.1, -0.05) is 24.2 Å². The van der Waals surface area contributed by atoms with Crippen LogP contribution in [0.2, 0.25) is 0 Å². The van der Waals surface area contributed by atoms with E-state index in [9.17, 15) is 4.79 Å². The minimum Gasteiger partial charge on any atom is -0.467 e. The number of rotatable bonds is 4. The fraction of sp³-hybridized carbons (Fsp3) is 0.789. The molecule has 4 rings (SSSR count). The zero-order chi connectivity index (χ0) is 17.8. The minimum atomic E-state index is 0.158. The summed E-state index contributed by atoms with van der Waals surface area (Å²) >= 11 is 1.57. The lowest BCUT2D eigenvalue weighted by Crippen LogP contribution is -2.52. The first-order valence-electron chi connectivity index (χ1n) is 10.1. The van der Waals surface area contributed by atoms with Crippen LogP contribution in [0.4, 0.5) is 4.79 Å². The van der Waals surface area contributed by atoms with Gasteiger partial charge < -0.3 is 15.0 Å². The van der Waals surface area contributed by atoms with Crippen LogP contribution in [0.5, 0.6) is 5.19 Å². The number of nitrogens with one attached hydrogen (secondary N) is 1. The number of urea groups is 1. The highest BCUT2D eigenvalue weighted by molar-refractivity contribution is 7.11. The van der Waals surface area contributed by atoms with Crippen LogP contribution in [0.25, 0.3) is 0 Å². The molecule has 7 heteroatoms. The number of carbonyl (C=O) groups is 1. The van der Waals surface area contributed by atoms with Gasteiger partial charge in [-0.2, -0.15) is 0 Å². The summed E-state index contributed by atoms with van der Waals surface area (Å²) in [7, 11) is 0. The first kappa shape index (κ1) is 18.0. The van der Waals surface area contributed by atoms with Crippen LogP contribution < -0.4 is 10.1 Å². The quantitative estimate of drug-likeness (QED) is 0.875. The van der Waals surface area contributed by atoms with E-state index < -0.39 is 0 Å². The van der Waals surface area contributed by atoms with Crippen LogP contribution in [0.15, 0.2) is 11.6 Å². The molecule has 3 heterocycles. The molecule has 3 aliphatic rings. The van der Waals surface area contributed by atoms with Crippen molar-refractivity contribution in [2.75, 3.05) is 26.2 Å². The summed E-state index contributed by atoms with van der Waals surface area (Å²) in [5.41, 5.74) is 0. The lowest BCUT2D eigenvalue weighted by atomic mass is 9.99. The zero-order valence-corrected chi connectivity index (χ0v) is 16.3. The molecule has 1 N–H and O–H groups in total. The molecule has 0 bridgehead atoms. The van der Waals surface area contributed by atoms with Crippen molar-refractivity contribution in [1.82, 2.24) is 20.1 Å². The normalized spacial score (nSPS) is 24.1. The van der Waals surface area contributed by atoms with Gasteiger partial charge in [0.05, 0.1) is 0 Å². The van der Waals surface area contributed by atoms with Gasteiger partial charge in [-0.15, -0.1) is 0 Å². The largest absolute Gasteiger partial charge is 0.467 e. The first-order valence-corrected chi connectivity index (χ1v) is 11.0. The molecule has 2 amide bonds. The maximum atomic E-state index is 12.4. The maximum absolute atomic E-state index is 12.4. The molecular weight excluding hydrogens is 348 g/mol. The number of hydrogen-bond donors (Lipinski definition) is 1. The second kappa shape index (κ2) is 8.57. The van der Waals surface area contributed by atoms with Crippen molar-refractivity contribution in [2.24, 2.45) is 0 Å².